The summed E-state index contributed by atoms with van der Waals surface area (Å²) in [4.78, 5) is 28.2. The fourth-order valence-electron chi connectivity index (χ4n) is 2.14. The average molecular weight is 283 g/mol. The normalized spacial score (nSPS) is 10.0. The highest BCUT2D eigenvalue weighted by atomic mass is 16.4. The Morgan fingerprint density at radius 1 is 1.38 bits per heavy atom. The Hall–Kier alpha value is -3.07. The first-order chi connectivity index (χ1) is 10.0. The van der Waals surface area contributed by atoms with Crippen molar-refractivity contribution in [1.82, 2.24) is 4.98 Å². The second-order valence-corrected chi connectivity index (χ2v) is 4.36. The number of aliphatic carboxylic acids is 1. The van der Waals surface area contributed by atoms with Crippen LogP contribution in [0.5, 0.6) is 0 Å². The number of primary amides is 1. The second-order valence-electron chi connectivity index (χ2n) is 4.36. The van der Waals surface area contributed by atoms with E-state index in [1.165, 1.54) is 11.1 Å². The van der Waals surface area contributed by atoms with E-state index in [4.69, 9.17) is 17.3 Å². The van der Waals surface area contributed by atoms with Gasteiger partial charge in [-0.1, -0.05) is 24.1 Å². The average Bonchev–Trinajstić information content (AvgIpc) is 2.45. The van der Waals surface area contributed by atoms with Crippen LogP contribution in [-0.2, 0) is 4.79 Å². The minimum Gasteiger partial charge on any atom is -0.480 e. The molecule has 6 nitrogen and oxygen atoms in total. The van der Waals surface area contributed by atoms with E-state index in [1.807, 2.05) is 0 Å². The number of amides is 1. The van der Waals surface area contributed by atoms with Gasteiger partial charge < -0.3 is 15.7 Å². The number of benzene rings is 1. The number of hydrogen-bond donors (Lipinski definition) is 2. The maximum absolute atomic E-state index is 11.6. The molecule has 0 atom stereocenters. The van der Waals surface area contributed by atoms with Gasteiger partial charge in [0.2, 0.25) is 0 Å². The minimum absolute atomic E-state index is 0.0422. The third-order valence-electron chi connectivity index (χ3n) is 2.94. The van der Waals surface area contributed by atoms with Crippen LogP contribution in [0.25, 0.3) is 10.9 Å². The first-order valence-electron chi connectivity index (χ1n) is 6.12. The maximum Gasteiger partial charge on any atom is 0.323 e. The molecule has 0 aliphatic heterocycles. The zero-order chi connectivity index (χ0) is 15.4. The van der Waals surface area contributed by atoms with Crippen molar-refractivity contribution in [3.05, 3.63) is 36.0 Å². The first-order valence-corrected chi connectivity index (χ1v) is 6.12. The van der Waals surface area contributed by atoms with E-state index in [2.05, 4.69) is 10.9 Å². The van der Waals surface area contributed by atoms with Gasteiger partial charge in [-0.25, -0.2) is 0 Å². The fraction of sp³-hybridized carbons (Fsp3) is 0.133. The van der Waals surface area contributed by atoms with E-state index >= 15 is 0 Å². The number of carbonyl (C=O) groups excluding carboxylic acids is 1. The molecule has 0 radical (unpaired) electrons. The largest absolute Gasteiger partial charge is 0.480 e. The highest BCUT2D eigenvalue weighted by Gasteiger charge is 2.20. The summed E-state index contributed by atoms with van der Waals surface area (Å²) in [6.07, 6.45) is 6.63. The Morgan fingerprint density at radius 3 is 2.71 bits per heavy atom. The van der Waals surface area contributed by atoms with Gasteiger partial charge in [0.1, 0.15) is 6.54 Å². The summed E-state index contributed by atoms with van der Waals surface area (Å²) < 4.78 is 0. The molecule has 0 spiro atoms. The van der Waals surface area contributed by atoms with Gasteiger partial charge >= 0.3 is 5.97 Å². The summed E-state index contributed by atoms with van der Waals surface area (Å²) in [6, 6.07) is 7.08. The lowest BCUT2D eigenvalue weighted by atomic mass is 10.1. The van der Waals surface area contributed by atoms with Crippen molar-refractivity contribution in [3.63, 3.8) is 0 Å². The zero-order valence-electron chi connectivity index (χ0n) is 11.1. The van der Waals surface area contributed by atoms with E-state index in [0.717, 1.165) is 0 Å². The van der Waals surface area contributed by atoms with Crippen molar-refractivity contribution in [1.29, 1.82) is 0 Å². The van der Waals surface area contributed by atoms with E-state index in [9.17, 15) is 9.59 Å². The Kier molecular flexibility index (Phi) is 4.05. The van der Waals surface area contributed by atoms with Gasteiger partial charge in [-0.05, 0) is 6.07 Å². The lowest BCUT2D eigenvalue weighted by molar-refractivity contribution is -0.135. The van der Waals surface area contributed by atoms with Gasteiger partial charge in [-0.15, -0.1) is 6.42 Å². The van der Waals surface area contributed by atoms with Crippen LogP contribution in [0.2, 0.25) is 0 Å². The number of carboxylic acids is 1. The van der Waals surface area contributed by atoms with Crippen LogP contribution in [0.3, 0.4) is 0 Å². The monoisotopic (exact) mass is 283 g/mol. The van der Waals surface area contributed by atoms with Crippen LogP contribution in [-0.4, -0.2) is 35.1 Å². The van der Waals surface area contributed by atoms with Crippen LogP contribution >= 0.6 is 0 Å². The van der Waals surface area contributed by atoms with Gasteiger partial charge in [0.25, 0.3) is 5.91 Å². The van der Waals surface area contributed by atoms with Gasteiger partial charge in [0, 0.05) is 11.6 Å². The van der Waals surface area contributed by atoms with Crippen LogP contribution in [0, 0.1) is 12.3 Å². The molecule has 106 valence electrons. The Bertz CT molecular complexity index is 749. The molecule has 1 heterocycles. The lowest BCUT2D eigenvalue weighted by Crippen LogP contribution is -2.32. The van der Waals surface area contributed by atoms with Crippen molar-refractivity contribution in [2.24, 2.45) is 5.73 Å². The Morgan fingerprint density at radius 2 is 2.10 bits per heavy atom. The number of carbonyl (C=O) groups is 2. The molecule has 6 heteroatoms. The van der Waals surface area contributed by atoms with Gasteiger partial charge in [-0.2, -0.15) is 0 Å². The van der Waals surface area contributed by atoms with E-state index in [-0.39, 0.29) is 18.7 Å². The molecule has 1 aromatic heterocycles. The molecule has 3 N–H and O–H groups in total. The Labute approximate surface area is 121 Å². The van der Waals surface area contributed by atoms with Crippen molar-refractivity contribution >= 4 is 28.5 Å². The summed E-state index contributed by atoms with van der Waals surface area (Å²) >= 11 is 0. The van der Waals surface area contributed by atoms with Gasteiger partial charge in [-0.3, -0.25) is 14.6 Å². The number of fused-ring (bicyclic) bond motifs is 1. The molecular weight excluding hydrogens is 270 g/mol. The molecule has 0 saturated heterocycles. The molecule has 1 aromatic carbocycles. The van der Waals surface area contributed by atoms with Crippen LogP contribution in [0.15, 0.2) is 30.5 Å². The third-order valence-corrected chi connectivity index (χ3v) is 2.94. The predicted molar refractivity (Wildman–Crippen MR) is 78.9 cm³/mol. The van der Waals surface area contributed by atoms with E-state index in [1.54, 1.807) is 24.3 Å². The van der Waals surface area contributed by atoms with Crippen LogP contribution in [0.1, 0.15) is 10.4 Å². The minimum atomic E-state index is -1.05. The predicted octanol–water partition coefficient (Wildman–Crippen LogP) is 0.858. The second kappa shape index (κ2) is 5.92. The van der Waals surface area contributed by atoms with Crippen molar-refractivity contribution < 1.29 is 14.7 Å². The molecule has 0 bridgehead atoms. The number of pyridine rings is 1. The maximum atomic E-state index is 11.6. The smallest absolute Gasteiger partial charge is 0.323 e. The number of terminal acetylenes is 1. The Balaban J connectivity index is 2.72. The molecule has 0 saturated carbocycles. The number of hydrogen-bond acceptors (Lipinski definition) is 4. The number of rotatable bonds is 5. The number of para-hydroxylation sites is 1. The van der Waals surface area contributed by atoms with E-state index in [0.29, 0.717) is 16.6 Å². The molecule has 21 heavy (non-hydrogen) atoms. The van der Waals surface area contributed by atoms with E-state index < -0.39 is 11.9 Å². The highest BCUT2D eigenvalue weighted by molar-refractivity contribution is 6.07. The molecule has 0 fully saturated rings. The number of carboxylic acid groups (broad SMARTS) is 1. The standard InChI is InChI=1S/C15H13N3O3/c1-2-7-18(9-13(19)20)14-10-5-3-4-6-12(10)17-8-11(14)15(16)21/h1,3-6,8H,7,9H2,(H2,16,21)(H,19,20). The number of aromatic nitrogens is 1. The van der Waals surface area contributed by atoms with Crippen LogP contribution < -0.4 is 10.6 Å². The van der Waals surface area contributed by atoms with Crippen molar-refractivity contribution in [3.8, 4) is 12.3 Å². The summed E-state index contributed by atoms with van der Waals surface area (Å²) in [7, 11) is 0. The SMILES string of the molecule is C#CCN(CC(=O)O)c1c(C(N)=O)cnc2ccccc12. The zero-order valence-corrected chi connectivity index (χ0v) is 11.1. The quantitative estimate of drug-likeness (QED) is 0.793. The lowest BCUT2D eigenvalue weighted by Gasteiger charge is -2.23. The van der Waals surface area contributed by atoms with Crippen molar-refractivity contribution in [2.45, 2.75) is 0 Å². The molecule has 0 aliphatic carbocycles. The number of nitrogens with two attached hydrogens (primary N) is 1. The molecular formula is C15H13N3O3. The summed E-state index contributed by atoms with van der Waals surface area (Å²) in [5.41, 5.74) is 6.54. The van der Waals surface area contributed by atoms with Gasteiger partial charge in [0.05, 0.1) is 23.3 Å². The summed E-state index contributed by atoms with van der Waals surface area (Å²) in [6.45, 7) is -0.293. The summed E-state index contributed by atoms with van der Waals surface area (Å²) in [5, 5.41) is 9.66. The number of anilines is 1. The van der Waals surface area contributed by atoms with Gasteiger partial charge in [0.15, 0.2) is 0 Å². The third kappa shape index (κ3) is 2.92. The molecule has 0 aliphatic rings. The molecule has 1 amide bonds. The number of nitrogens with zero attached hydrogens (tertiary/aromatic N) is 2. The molecule has 0 unspecified atom stereocenters. The molecule has 2 aromatic rings. The topological polar surface area (TPSA) is 96.5 Å². The first kappa shape index (κ1) is 14.3. The van der Waals surface area contributed by atoms with Crippen LogP contribution in [0.4, 0.5) is 5.69 Å². The summed E-state index contributed by atoms with van der Waals surface area (Å²) in [5.74, 6) is 0.654. The highest BCUT2D eigenvalue weighted by Crippen LogP contribution is 2.29. The fourth-order valence-corrected chi connectivity index (χ4v) is 2.14. The van der Waals surface area contributed by atoms with Crippen molar-refractivity contribution in [2.75, 3.05) is 18.0 Å². The molecule has 2 rings (SSSR count).